The Bertz CT molecular complexity index is 785. The molecule has 0 aliphatic heterocycles. The number of nitrogens with zero attached hydrogens (tertiary/aromatic N) is 1. The normalized spacial score (nSPS) is 19.8. The van der Waals surface area contributed by atoms with Crippen LogP contribution in [-0.2, 0) is 12.5 Å². The topological polar surface area (TPSA) is 33.0 Å². The molecule has 3 rings (SSSR count). The molecule has 1 aliphatic carbocycles. The molecule has 0 amide bonds. The molecule has 0 heterocycles. The molecule has 0 unspecified atom stereocenters. The fourth-order valence-electron chi connectivity index (χ4n) is 3.97. The Morgan fingerprint density at radius 1 is 0.964 bits per heavy atom. The second kappa shape index (κ2) is 9.19. The lowest BCUT2D eigenvalue weighted by Gasteiger charge is -2.27. The molecule has 1 fully saturated rings. The Balaban J connectivity index is 1.54. The predicted molar refractivity (Wildman–Crippen MR) is 106 cm³/mol. The molecule has 0 saturated heterocycles. The minimum Gasteiger partial charge on any atom is -0.429 e. The van der Waals surface area contributed by atoms with Crippen LogP contribution >= 0.6 is 0 Å². The molecule has 0 radical (unpaired) electrons. The minimum atomic E-state index is -3.41. The van der Waals surface area contributed by atoms with E-state index in [1.807, 2.05) is 6.07 Å². The van der Waals surface area contributed by atoms with Crippen LogP contribution in [0.2, 0.25) is 0 Å². The van der Waals surface area contributed by atoms with Crippen molar-refractivity contribution in [3.63, 3.8) is 0 Å². The van der Waals surface area contributed by atoms with Gasteiger partial charge in [0.1, 0.15) is 5.75 Å². The fraction of sp³-hybridized carbons (Fsp3) is 0.458. The van der Waals surface area contributed by atoms with Crippen molar-refractivity contribution in [3.05, 3.63) is 65.2 Å². The maximum atomic E-state index is 14.4. The van der Waals surface area contributed by atoms with Gasteiger partial charge in [-0.15, -0.1) is 0 Å². The fourth-order valence-corrected chi connectivity index (χ4v) is 3.97. The number of hydrogen-bond acceptors (Lipinski definition) is 2. The average Bonchev–Trinajstić information content (AvgIpc) is 2.73. The van der Waals surface area contributed by atoms with Gasteiger partial charge in [-0.1, -0.05) is 51.2 Å². The maximum absolute atomic E-state index is 14.4. The summed E-state index contributed by atoms with van der Waals surface area (Å²) in [5, 5.41) is 8.78. The van der Waals surface area contributed by atoms with Crippen molar-refractivity contribution >= 4 is 0 Å². The average molecular weight is 383 g/mol. The molecule has 0 atom stereocenters. The summed E-state index contributed by atoms with van der Waals surface area (Å²) in [5.41, 5.74) is 1.34. The van der Waals surface area contributed by atoms with Crippen LogP contribution in [0.5, 0.6) is 5.75 Å². The van der Waals surface area contributed by atoms with E-state index < -0.39 is 6.11 Å². The van der Waals surface area contributed by atoms with Crippen LogP contribution in [0.3, 0.4) is 0 Å². The number of rotatable bonds is 7. The zero-order chi connectivity index (χ0) is 20.0. The van der Waals surface area contributed by atoms with Crippen LogP contribution in [-0.4, -0.2) is 0 Å². The molecule has 0 spiro atoms. The zero-order valence-corrected chi connectivity index (χ0v) is 16.3. The Hall–Kier alpha value is -2.41. The molecule has 1 saturated carbocycles. The number of benzene rings is 2. The summed E-state index contributed by atoms with van der Waals surface area (Å²) in [7, 11) is 0. The SMILES string of the molecule is CCC1CCC(CCc2ccc(C(F)(F)Oc3ccc(C#N)cc3)cc2)CC1. The van der Waals surface area contributed by atoms with Gasteiger partial charge in [0.15, 0.2) is 0 Å². The molecular formula is C24H27F2NO. The third-order valence-electron chi connectivity index (χ3n) is 5.90. The number of halogens is 2. The summed E-state index contributed by atoms with van der Waals surface area (Å²) in [6.45, 7) is 2.27. The molecule has 0 N–H and O–H groups in total. The molecule has 2 nitrogen and oxygen atoms in total. The van der Waals surface area contributed by atoms with Gasteiger partial charge >= 0.3 is 6.11 Å². The lowest BCUT2D eigenvalue weighted by molar-refractivity contribution is -0.185. The van der Waals surface area contributed by atoms with Crippen LogP contribution in [0.1, 0.15) is 62.1 Å². The van der Waals surface area contributed by atoms with Crippen molar-refractivity contribution in [1.82, 2.24) is 0 Å². The first kappa shape index (κ1) is 20.3. The third kappa shape index (κ3) is 5.32. The number of ether oxygens (including phenoxy) is 1. The van der Waals surface area contributed by atoms with Crippen molar-refractivity contribution in [2.24, 2.45) is 11.8 Å². The second-order valence-electron chi connectivity index (χ2n) is 7.79. The lowest BCUT2D eigenvalue weighted by Crippen LogP contribution is -2.21. The van der Waals surface area contributed by atoms with E-state index in [1.54, 1.807) is 12.1 Å². The summed E-state index contributed by atoms with van der Waals surface area (Å²) in [5.74, 6) is 1.70. The van der Waals surface area contributed by atoms with Gasteiger partial charge in [0.25, 0.3) is 0 Å². The van der Waals surface area contributed by atoms with Gasteiger partial charge in [-0.25, -0.2) is 0 Å². The Morgan fingerprint density at radius 3 is 2.14 bits per heavy atom. The van der Waals surface area contributed by atoms with E-state index >= 15 is 0 Å². The summed E-state index contributed by atoms with van der Waals surface area (Å²) >= 11 is 0. The molecule has 0 aromatic heterocycles. The summed E-state index contributed by atoms with van der Waals surface area (Å²) < 4.78 is 33.7. The molecule has 148 valence electrons. The monoisotopic (exact) mass is 383 g/mol. The number of alkyl halides is 2. The number of nitriles is 1. The summed E-state index contributed by atoms with van der Waals surface area (Å²) in [6, 6.07) is 14.1. The summed E-state index contributed by atoms with van der Waals surface area (Å²) in [6.07, 6.45) is 5.20. The first-order valence-electron chi connectivity index (χ1n) is 10.2. The largest absolute Gasteiger partial charge is 0.429 e. The molecule has 2 aromatic rings. The highest BCUT2D eigenvalue weighted by molar-refractivity contribution is 5.35. The van der Waals surface area contributed by atoms with Crippen LogP contribution < -0.4 is 4.74 Å². The molecule has 0 bridgehead atoms. The molecule has 28 heavy (non-hydrogen) atoms. The van der Waals surface area contributed by atoms with Gasteiger partial charge in [0.2, 0.25) is 0 Å². The third-order valence-corrected chi connectivity index (χ3v) is 5.90. The van der Waals surface area contributed by atoms with Crippen molar-refractivity contribution < 1.29 is 13.5 Å². The standard InChI is InChI=1S/C24H27F2NO/c1-2-18-3-5-19(6-4-18)7-8-20-9-13-22(14-10-20)24(25,26)28-23-15-11-21(17-27)12-16-23/h9-16,18-19H,2-8H2,1H3. The van der Waals surface area contributed by atoms with E-state index in [0.29, 0.717) is 5.56 Å². The highest BCUT2D eigenvalue weighted by atomic mass is 19.3. The Kier molecular flexibility index (Phi) is 6.67. The predicted octanol–water partition coefficient (Wildman–Crippen LogP) is 6.84. The lowest BCUT2D eigenvalue weighted by atomic mass is 9.78. The quantitative estimate of drug-likeness (QED) is 0.524. The van der Waals surface area contributed by atoms with Gasteiger partial charge in [-0.05, 0) is 66.6 Å². The van der Waals surface area contributed by atoms with Gasteiger partial charge in [-0.2, -0.15) is 14.0 Å². The van der Waals surface area contributed by atoms with Crippen LogP contribution in [0.15, 0.2) is 48.5 Å². The van der Waals surface area contributed by atoms with Crippen molar-refractivity contribution in [3.8, 4) is 11.8 Å². The molecule has 1 aliphatic rings. The first-order chi connectivity index (χ1) is 13.5. The second-order valence-corrected chi connectivity index (χ2v) is 7.79. The van der Waals surface area contributed by atoms with E-state index in [2.05, 4.69) is 6.92 Å². The first-order valence-corrected chi connectivity index (χ1v) is 10.2. The van der Waals surface area contributed by atoms with Gasteiger partial charge in [0, 0.05) is 0 Å². The highest BCUT2D eigenvalue weighted by Gasteiger charge is 2.34. The smallest absolute Gasteiger partial charge is 0.426 e. The van der Waals surface area contributed by atoms with Gasteiger partial charge in [0.05, 0.1) is 17.2 Å². The minimum absolute atomic E-state index is 0.0377. The number of hydrogen-bond donors (Lipinski definition) is 0. The van der Waals surface area contributed by atoms with Crippen molar-refractivity contribution in [2.45, 2.75) is 58.0 Å². The van der Waals surface area contributed by atoms with Crippen LogP contribution in [0, 0.1) is 23.2 Å². The highest BCUT2D eigenvalue weighted by Crippen LogP contribution is 2.34. The van der Waals surface area contributed by atoms with Crippen LogP contribution in [0.4, 0.5) is 8.78 Å². The maximum Gasteiger partial charge on any atom is 0.426 e. The molecule has 4 heteroatoms. The van der Waals surface area contributed by atoms with Crippen molar-refractivity contribution in [1.29, 1.82) is 5.26 Å². The van der Waals surface area contributed by atoms with Gasteiger partial charge in [-0.3, -0.25) is 0 Å². The van der Waals surface area contributed by atoms with E-state index in [0.717, 1.165) is 30.2 Å². The molecular weight excluding hydrogens is 356 g/mol. The van der Waals surface area contributed by atoms with E-state index in [4.69, 9.17) is 10.00 Å². The molecule has 2 aromatic carbocycles. The van der Waals surface area contributed by atoms with E-state index in [-0.39, 0.29) is 11.3 Å². The Labute approximate surface area is 166 Å². The van der Waals surface area contributed by atoms with Crippen molar-refractivity contribution in [2.75, 3.05) is 0 Å². The van der Waals surface area contributed by atoms with Crippen LogP contribution in [0.25, 0.3) is 0 Å². The van der Waals surface area contributed by atoms with E-state index in [9.17, 15) is 8.78 Å². The zero-order valence-electron chi connectivity index (χ0n) is 16.3. The summed E-state index contributed by atoms with van der Waals surface area (Å²) in [4.78, 5) is 0. The van der Waals surface area contributed by atoms with Gasteiger partial charge < -0.3 is 4.74 Å². The van der Waals surface area contributed by atoms with E-state index in [1.165, 1.54) is 68.5 Å². The Morgan fingerprint density at radius 2 is 1.57 bits per heavy atom. The number of aryl methyl sites for hydroxylation is 1.